The third-order valence-electron chi connectivity index (χ3n) is 3.97. The summed E-state index contributed by atoms with van der Waals surface area (Å²) in [5.41, 5.74) is 0.182. The smallest absolute Gasteiger partial charge is 0.336 e. The predicted molar refractivity (Wildman–Crippen MR) is 75.8 cm³/mol. The first-order valence-corrected chi connectivity index (χ1v) is 8.09. The van der Waals surface area contributed by atoms with Crippen molar-refractivity contribution < 1.29 is 14.1 Å². The van der Waals surface area contributed by atoms with Gasteiger partial charge in [-0.1, -0.05) is 38.3 Å². The van der Waals surface area contributed by atoms with Crippen molar-refractivity contribution in [1.29, 1.82) is 0 Å². The molecule has 1 N–H and O–H groups in total. The number of hydrogen-bond acceptors (Lipinski definition) is 2. The van der Waals surface area contributed by atoms with Gasteiger partial charge in [0.1, 0.15) is 0 Å². The molecule has 0 radical (unpaired) electrons. The minimum absolute atomic E-state index is 0.110. The van der Waals surface area contributed by atoms with E-state index < -0.39 is 16.8 Å². The van der Waals surface area contributed by atoms with Crippen LogP contribution in [0.15, 0.2) is 29.2 Å². The Hall–Kier alpha value is -1.16. The predicted octanol–water partition coefficient (Wildman–Crippen LogP) is 3.46. The molecule has 2 rings (SSSR count). The topological polar surface area (TPSA) is 54.4 Å². The molecule has 19 heavy (non-hydrogen) atoms. The number of rotatable bonds is 4. The third kappa shape index (κ3) is 3.06. The Balaban J connectivity index is 2.30. The monoisotopic (exact) mass is 280 g/mol. The maximum atomic E-state index is 12.7. The van der Waals surface area contributed by atoms with Gasteiger partial charge in [0.05, 0.1) is 21.3 Å². The summed E-state index contributed by atoms with van der Waals surface area (Å²) in [6, 6.07) is 6.69. The van der Waals surface area contributed by atoms with Crippen LogP contribution in [-0.4, -0.2) is 20.5 Å². The quantitative estimate of drug-likeness (QED) is 0.919. The van der Waals surface area contributed by atoms with Crippen molar-refractivity contribution in [2.75, 3.05) is 0 Å². The largest absolute Gasteiger partial charge is 0.478 e. The molecule has 1 aromatic carbocycles. The normalized spacial score (nSPS) is 24.9. The molecule has 3 nitrogen and oxygen atoms in total. The summed E-state index contributed by atoms with van der Waals surface area (Å²) in [5.74, 6) is -0.538. The summed E-state index contributed by atoms with van der Waals surface area (Å²) in [6.45, 7) is 2.13. The zero-order chi connectivity index (χ0) is 13.8. The molecular formula is C15H20O3S. The molecule has 0 amide bonds. The Morgan fingerprint density at radius 2 is 2.00 bits per heavy atom. The van der Waals surface area contributed by atoms with Crippen LogP contribution in [0.25, 0.3) is 0 Å². The molecule has 1 aromatic rings. The number of benzene rings is 1. The van der Waals surface area contributed by atoms with Crippen LogP contribution in [-0.2, 0) is 10.8 Å². The van der Waals surface area contributed by atoms with E-state index in [1.54, 1.807) is 24.3 Å². The molecule has 3 unspecified atom stereocenters. The van der Waals surface area contributed by atoms with E-state index >= 15 is 0 Å². The van der Waals surface area contributed by atoms with Crippen LogP contribution < -0.4 is 0 Å². The Morgan fingerprint density at radius 3 is 2.68 bits per heavy atom. The van der Waals surface area contributed by atoms with Crippen LogP contribution in [0.1, 0.15) is 49.4 Å². The lowest BCUT2D eigenvalue weighted by Crippen LogP contribution is -2.29. The van der Waals surface area contributed by atoms with Gasteiger partial charge < -0.3 is 5.11 Å². The Morgan fingerprint density at radius 1 is 1.32 bits per heavy atom. The Labute approximate surface area is 116 Å². The van der Waals surface area contributed by atoms with E-state index in [4.69, 9.17) is 0 Å². The fourth-order valence-corrected chi connectivity index (χ4v) is 4.87. The molecule has 0 saturated heterocycles. The Bertz CT molecular complexity index is 484. The van der Waals surface area contributed by atoms with Gasteiger partial charge >= 0.3 is 5.97 Å². The van der Waals surface area contributed by atoms with Crippen LogP contribution in [0.3, 0.4) is 0 Å². The minimum atomic E-state index is -1.21. The van der Waals surface area contributed by atoms with Crippen molar-refractivity contribution in [3.05, 3.63) is 29.8 Å². The molecule has 0 spiro atoms. The summed E-state index contributed by atoms with van der Waals surface area (Å²) in [5, 5.41) is 9.31. The van der Waals surface area contributed by atoms with Crippen LogP contribution in [0.4, 0.5) is 0 Å². The lowest BCUT2D eigenvalue weighted by molar-refractivity contribution is 0.0693. The zero-order valence-electron chi connectivity index (χ0n) is 11.2. The maximum Gasteiger partial charge on any atom is 0.336 e. The van der Waals surface area contributed by atoms with Gasteiger partial charge in [-0.25, -0.2) is 4.79 Å². The lowest BCUT2D eigenvalue weighted by Gasteiger charge is -2.30. The van der Waals surface area contributed by atoms with Gasteiger partial charge in [-0.15, -0.1) is 0 Å². The van der Waals surface area contributed by atoms with E-state index in [1.807, 2.05) is 0 Å². The highest BCUT2D eigenvalue weighted by Gasteiger charge is 2.31. The van der Waals surface area contributed by atoms with E-state index in [0.29, 0.717) is 10.8 Å². The van der Waals surface area contributed by atoms with Gasteiger partial charge in [0, 0.05) is 5.25 Å². The number of hydrogen-bond donors (Lipinski definition) is 1. The van der Waals surface area contributed by atoms with Crippen LogP contribution in [0.2, 0.25) is 0 Å². The molecular weight excluding hydrogens is 260 g/mol. The fourth-order valence-electron chi connectivity index (χ4n) is 2.90. The molecule has 1 saturated carbocycles. The van der Waals surface area contributed by atoms with Crippen molar-refractivity contribution in [2.45, 2.75) is 49.2 Å². The molecule has 0 bridgehead atoms. The van der Waals surface area contributed by atoms with Crippen LogP contribution in [0, 0.1) is 5.92 Å². The van der Waals surface area contributed by atoms with Gasteiger partial charge in [-0.05, 0) is 30.9 Å². The molecule has 104 valence electrons. The number of carbonyl (C=O) groups is 1. The van der Waals surface area contributed by atoms with E-state index in [1.165, 1.54) is 6.42 Å². The van der Waals surface area contributed by atoms with Crippen LogP contribution in [0.5, 0.6) is 0 Å². The summed E-state index contributed by atoms with van der Waals surface area (Å²) in [4.78, 5) is 11.7. The van der Waals surface area contributed by atoms with Crippen molar-refractivity contribution in [3.8, 4) is 0 Å². The summed E-state index contributed by atoms with van der Waals surface area (Å²) in [6.07, 6.45) is 5.38. The van der Waals surface area contributed by atoms with Crippen molar-refractivity contribution in [3.63, 3.8) is 0 Å². The highest BCUT2D eigenvalue weighted by Crippen LogP contribution is 2.33. The first kappa shape index (κ1) is 14.3. The van der Waals surface area contributed by atoms with Gasteiger partial charge in [-0.2, -0.15) is 0 Å². The highest BCUT2D eigenvalue weighted by molar-refractivity contribution is 7.85. The molecule has 0 aliphatic heterocycles. The average molecular weight is 280 g/mol. The first-order chi connectivity index (χ1) is 9.15. The SMILES string of the molecule is CCC1CCCCC1S(=O)c1ccccc1C(=O)O. The lowest BCUT2D eigenvalue weighted by atomic mass is 9.87. The molecule has 4 heteroatoms. The number of carboxylic acids is 1. The molecule has 1 fully saturated rings. The minimum Gasteiger partial charge on any atom is -0.478 e. The van der Waals surface area contributed by atoms with Gasteiger partial charge in [0.25, 0.3) is 0 Å². The molecule has 1 aliphatic rings. The second-order valence-electron chi connectivity index (χ2n) is 5.09. The summed E-state index contributed by atoms with van der Waals surface area (Å²) >= 11 is 0. The standard InChI is InChI=1S/C15H20O3S/c1-2-11-7-3-5-9-13(11)19(18)14-10-6-4-8-12(14)15(16)17/h4,6,8,10-11,13H,2-3,5,7,9H2,1H3,(H,16,17). The second kappa shape index (κ2) is 6.33. The molecule has 1 aliphatic carbocycles. The van der Waals surface area contributed by atoms with Crippen molar-refractivity contribution in [1.82, 2.24) is 0 Å². The van der Waals surface area contributed by atoms with E-state index in [9.17, 15) is 14.1 Å². The fraction of sp³-hybridized carbons (Fsp3) is 0.533. The maximum absolute atomic E-state index is 12.7. The van der Waals surface area contributed by atoms with E-state index in [-0.39, 0.29) is 10.8 Å². The van der Waals surface area contributed by atoms with Crippen molar-refractivity contribution in [2.24, 2.45) is 5.92 Å². The molecule has 0 heterocycles. The second-order valence-corrected chi connectivity index (χ2v) is 6.73. The highest BCUT2D eigenvalue weighted by atomic mass is 32.2. The van der Waals surface area contributed by atoms with E-state index in [0.717, 1.165) is 25.7 Å². The zero-order valence-corrected chi connectivity index (χ0v) is 12.0. The summed E-state index contributed by atoms with van der Waals surface area (Å²) in [7, 11) is -1.21. The summed E-state index contributed by atoms with van der Waals surface area (Å²) < 4.78 is 12.7. The average Bonchev–Trinajstić information content (AvgIpc) is 2.46. The van der Waals surface area contributed by atoms with Crippen molar-refractivity contribution >= 4 is 16.8 Å². The molecule has 0 aromatic heterocycles. The first-order valence-electron chi connectivity index (χ1n) is 6.88. The third-order valence-corrected chi connectivity index (χ3v) is 5.93. The molecule has 3 atom stereocenters. The van der Waals surface area contributed by atoms with Gasteiger partial charge in [0.2, 0.25) is 0 Å². The van der Waals surface area contributed by atoms with Gasteiger partial charge in [0.15, 0.2) is 0 Å². The van der Waals surface area contributed by atoms with Crippen LogP contribution >= 0.6 is 0 Å². The number of aromatic carboxylic acids is 1. The van der Waals surface area contributed by atoms with Gasteiger partial charge in [-0.3, -0.25) is 4.21 Å². The number of carboxylic acid groups (broad SMARTS) is 1. The Kier molecular flexibility index (Phi) is 4.75. The van der Waals surface area contributed by atoms with E-state index in [2.05, 4.69) is 6.92 Å².